The lowest BCUT2D eigenvalue weighted by atomic mass is 10.0. The minimum Gasteiger partial charge on any atom is -0.325 e. The Morgan fingerprint density at radius 3 is 2.73 bits per heavy atom. The summed E-state index contributed by atoms with van der Waals surface area (Å²) in [6.45, 7) is 2.01. The highest BCUT2D eigenvalue weighted by Crippen LogP contribution is 2.37. The van der Waals surface area contributed by atoms with Gasteiger partial charge in [0.2, 0.25) is 0 Å². The molecule has 0 heterocycles. The van der Waals surface area contributed by atoms with Crippen LogP contribution in [0.1, 0.15) is 30.4 Å². The van der Waals surface area contributed by atoms with Gasteiger partial charge in [-0.05, 0) is 65.7 Å². The van der Waals surface area contributed by atoms with Crippen molar-refractivity contribution in [2.45, 2.75) is 38.1 Å². The molecule has 0 aliphatic heterocycles. The van der Waals surface area contributed by atoms with Gasteiger partial charge in [-0.2, -0.15) is 0 Å². The van der Waals surface area contributed by atoms with Crippen LogP contribution in [-0.4, -0.2) is 5.54 Å². The van der Waals surface area contributed by atoms with Gasteiger partial charge in [0.25, 0.3) is 0 Å². The first-order chi connectivity index (χ1) is 7.02. The van der Waals surface area contributed by atoms with E-state index in [0.29, 0.717) is 4.47 Å². The molecule has 0 bridgehead atoms. The maximum atomic E-state index is 13.3. The first kappa shape index (κ1) is 11.1. The summed E-state index contributed by atoms with van der Waals surface area (Å²) in [4.78, 5) is 0. The van der Waals surface area contributed by atoms with Crippen LogP contribution in [0.4, 0.5) is 4.39 Å². The smallest absolute Gasteiger partial charge is 0.137 e. The molecule has 82 valence electrons. The fourth-order valence-electron chi connectivity index (χ4n) is 1.78. The zero-order chi connectivity index (χ0) is 11.1. The van der Waals surface area contributed by atoms with Crippen LogP contribution in [0.3, 0.4) is 0 Å². The van der Waals surface area contributed by atoms with Crippen molar-refractivity contribution in [1.82, 2.24) is 0 Å². The minimum absolute atomic E-state index is 0.0399. The first-order valence-electron chi connectivity index (χ1n) is 5.24. The summed E-state index contributed by atoms with van der Waals surface area (Å²) in [7, 11) is 0. The number of nitrogens with two attached hydrogens (primary N) is 1. The second-order valence-corrected chi connectivity index (χ2v) is 5.31. The number of benzene rings is 1. The normalized spacial score (nSPS) is 17.9. The van der Waals surface area contributed by atoms with E-state index < -0.39 is 0 Å². The van der Waals surface area contributed by atoms with Crippen molar-refractivity contribution < 1.29 is 4.39 Å². The van der Waals surface area contributed by atoms with Gasteiger partial charge in [0.05, 0.1) is 4.47 Å². The van der Waals surface area contributed by atoms with Crippen LogP contribution < -0.4 is 5.73 Å². The third-order valence-corrected chi connectivity index (χ3v) is 4.05. The highest BCUT2D eigenvalue weighted by molar-refractivity contribution is 9.10. The fourth-order valence-corrected chi connectivity index (χ4v) is 2.42. The van der Waals surface area contributed by atoms with E-state index in [1.165, 1.54) is 6.07 Å². The van der Waals surface area contributed by atoms with Crippen molar-refractivity contribution in [2.75, 3.05) is 0 Å². The van der Waals surface area contributed by atoms with E-state index in [-0.39, 0.29) is 11.4 Å². The summed E-state index contributed by atoms with van der Waals surface area (Å²) in [5.41, 5.74) is 8.26. The SMILES string of the molecule is Cc1ccc(F)c(Br)c1CCC1(N)CC1. The predicted molar refractivity (Wildman–Crippen MR) is 63.3 cm³/mol. The number of halogens is 2. The lowest BCUT2D eigenvalue weighted by Gasteiger charge is -2.12. The molecule has 1 saturated carbocycles. The second-order valence-electron chi connectivity index (χ2n) is 4.52. The Morgan fingerprint density at radius 2 is 2.13 bits per heavy atom. The largest absolute Gasteiger partial charge is 0.325 e. The monoisotopic (exact) mass is 271 g/mol. The average Bonchev–Trinajstić information content (AvgIpc) is 2.91. The van der Waals surface area contributed by atoms with E-state index in [9.17, 15) is 4.39 Å². The molecule has 3 heteroatoms. The molecule has 1 nitrogen and oxygen atoms in total. The maximum Gasteiger partial charge on any atom is 0.137 e. The summed E-state index contributed by atoms with van der Waals surface area (Å²) >= 11 is 3.30. The Kier molecular flexibility index (Phi) is 2.86. The molecule has 2 rings (SSSR count). The van der Waals surface area contributed by atoms with Gasteiger partial charge in [-0.15, -0.1) is 0 Å². The summed E-state index contributed by atoms with van der Waals surface area (Å²) in [6, 6.07) is 3.32. The van der Waals surface area contributed by atoms with Crippen LogP contribution >= 0.6 is 15.9 Å². The predicted octanol–water partition coefficient (Wildman–Crippen LogP) is 3.32. The molecule has 0 spiro atoms. The summed E-state index contributed by atoms with van der Waals surface area (Å²) < 4.78 is 13.9. The van der Waals surface area contributed by atoms with Crippen molar-refractivity contribution in [3.63, 3.8) is 0 Å². The van der Waals surface area contributed by atoms with Crippen LogP contribution in [0.2, 0.25) is 0 Å². The molecule has 0 atom stereocenters. The molecule has 0 amide bonds. The zero-order valence-corrected chi connectivity index (χ0v) is 10.4. The van der Waals surface area contributed by atoms with E-state index in [2.05, 4.69) is 15.9 Å². The van der Waals surface area contributed by atoms with Gasteiger partial charge in [-0.3, -0.25) is 0 Å². The highest BCUT2D eigenvalue weighted by Gasteiger charge is 2.37. The van der Waals surface area contributed by atoms with E-state index in [0.717, 1.165) is 36.8 Å². The molecule has 1 aromatic carbocycles. The van der Waals surface area contributed by atoms with Crippen molar-refractivity contribution in [3.8, 4) is 0 Å². The van der Waals surface area contributed by atoms with Gasteiger partial charge >= 0.3 is 0 Å². The third kappa shape index (κ3) is 2.40. The second kappa shape index (κ2) is 3.87. The molecule has 0 radical (unpaired) electrons. The van der Waals surface area contributed by atoms with Gasteiger partial charge in [-0.25, -0.2) is 4.39 Å². The Bertz CT molecular complexity index is 385. The van der Waals surface area contributed by atoms with Crippen molar-refractivity contribution >= 4 is 15.9 Å². The van der Waals surface area contributed by atoms with Crippen LogP contribution in [0.5, 0.6) is 0 Å². The number of aryl methyl sites for hydroxylation is 1. The van der Waals surface area contributed by atoms with E-state index >= 15 is 0 Å². The zero-order valence-electron chi connectivity index (χ0n) is 8.82. The molecule has 1 aromatic rings. The third-order valence-electron chi connectivity index (χ3n) is 3.20. The van der Waals surface area contributed by atoms with Crippen LogP contribution in [0.15, 0.2) is 16.6 Å². The van der Waals surface area contributed by atoms with E-state index in [4.69, 9.17) is 5.73 Å². The molecule has 15 heavy (non-hydrogen) atoms. The van der Waals surface area contributed by atoms with Crippen molar-refractivity contribution in [1.29, 1.82) is 0 Å². The number of hydrogen-bond donors (Lipinski definition) is 1. The molecule has 0 unspecified atom stereocenters. The van der Waals surface area contributed by atoms with Crippen LogP contribution in [0, 0.1) is 12.7 Å². The van der Waals surface area contributed by atoms with Gasteiger partial charge in [0.15, 0.2) is 0 Å². The Morgan fingerprint density at radius 1 is 1.47 bits per heavy atom. The lowest BCUT2D eigenvalue weighted by molar-refractivity contribution is 0.593. The molecule has 1 fully saturated rings. The molecule has 1 aliphatic carbocycles. The van der Waals surface area contributed by atoms with Crippen molar-refractivity contribution in [3.05, 3.63) is 33.5 Å². The maximum absolute atomic E-state index is 13.3. The molecule has 0 saturated heterocycles. The van der Waals surface area contributed by atoms with Crippen LogP contribution in [0.25, 0.3) is 0 Å². The van der Waals surface area contributed by atoms with Gasteiger partial charge in [0, 0.05) is 5.54 Å². The van der Waals surface area contributed by atoms with Crippen LogP contribution in [-0.2, 0) is 6.42 Å². The average molecular weight is 272 g/mol. The number of rotatable bonds is 3. The Balaban J connectivity index is 2.16. The fraction of sp³-hybridized carbons (Fsp3) is 0.500. The first-order valence-corrected chi connectivity index (χ1v) is 6.03. The summed E-state index contributed by atoms with van der Waals surface area (Å²) in [5, 5.41) is 0. The van der Waals surface area contributed by atoms with Gasteiger partial charge < -0.3 is 5.73 Å². The van der Waals surface area contributed by atoms with Gasteiger partial charge in [0.1, 0.15) is 5.82 Å². The Labute approximate surface area is 98.0 Å². The van der Waals surface area contributed by atoms with E-state index in [1.807, 2.05) is 13.0 Å². The standard InChI is InChI=1S/C12H15BrFN/c1-8-2-3-10(14)11(13)9(8)4-5-12(15)6-7-12/h2-3H,4-7,15H2,1H3. The van der Waals surface area contributed by atoms with E-state index in [1.54, 1.807) is 0 Å². The molecule has 0 aromatic heterocycles. The lowest BCUT2D eigenvalue weighted by Crippen LogP contribution is -2.22. The molecular weight excluding hydrogens is 257 g/mol. The van der Waals surface area contributed by atoms with Gasteiger partial charge in [-0.1, -0.05) is 6.07 Å². The molecule has 1 aliphatic rings. The minimum atomic E-state index is -0.183. The topological polar surface area (TPSA) is 26.0 Å². The summed E-state index contributed by atoms with van der Waals surface area (Å²) in [6.07, 6.45) is 4.04. The molecule has 2 N–H and O–H groups in total. The quantitative estimate of drug-likeness (QED) is 0.897. The number of hydrogen-bond acceptors (Lipinski definition) is 1. The van der Waals surface area contributed by atoms with Crippen molar-refractivity contribution in [2.24, 2.45) is 5.73 Å². The summed E-state index contributed by atoms with van der Waals surface area (Å²) in [5.74, 6) is -0.183. The highest BCUT2D eigenvalue weighted by atomic mass is 79.9. The molecular formula is C12H15BrFN. The Hall–Kier alpha value is -0.410.